The topological polar surface area (TPSA) is 113 Å². The molecule has 3 aliphatic heterocycles. The normalized spacial score (nSPS) is 21.6. The summed E-state index contributed by atoms with van der Waals surface area (Å²) in [4.78, 5) is 34.7. The van der Waals surface area contributed by atoms with Gasteiger partial charge in [-0.3, -0.25) is 15.2 Å². The number of aliphatic hydroxyl groups is 1. The number of rotatable bonds is 6. The van der Waals surface area contributed by atoms with E-state index in [1.807, 2.05) is 12.4 Å². The zero-order chi connectivity index (χ0) is 27.4. The van der Waals surface area contributed by atoms with Gasteiger partial charge in [-0.05, 0) is 7.05 Å². The monoisotopic (exact) mass is 547 g/mol. The molecule has 1 unspecified atom stereocenters. The van der Waals surface area contributed by atoms with Crippen LogP contribution in [0.4, 0.5) is 38.5 Å². The van der Waals surface area contributed by atoms with Crippen molar-refractivity contribution < 1.29 is 41.8 Å². The average molecular weight is 548 g/mol. The van der Waals surface area contributed by atoms with Crippen LogP contribution in [0.2, 0.25) is 0 Å². The molecule has 1 aromatic carbocycles. The summed E-state index contributed by atoms with van der Waals surface area (Å²) < 4.78 is 59.9. The van der Waals surface area contributed by atoms with Gasteiger partial charge >= 0.3 is 12.1 Å². The molecule has 1 atom stereocenters. The van der Waals surface area contributed by atoms with Gasteiger partial charge in [0.2, 0.25) is 0 Å². The third-order valence-corrected chi connectivity index (χ3v) is 6.20. The number of carbonyl (C=O) groups is 2. The number of nitrogens with zero attached hydrogens (tertiary/aromatic N) is 5. The third kappa shape index (κ3) is 6.56. The molecule has 0 aromatic heterocycles. The lowest BCUT2D eigenvalue weighted by molar-refractivity contribution is -0.109. The highest BCUT2D eigenvalue weighted by Crippen LogP contribution is 2.32. The standard InChI is InChI=1S/C22H29F4N7O5/c1-29-2-5-31(6-3-29)28-21(35)33-7-4-30(8-9-37-33)18-16(23)10-14(11-17(18)24)32-13-15(38-22(32)36)12-27-20(34)19(25)26/h10-12,19-20,27,34H,2-9,13H2,1H3,(H,28,35)/b15-12-. The largest absolute Gasteiger partial charge is 0.419 e. The molecule has 0 aliphatic carbocycles. The van der Waals surface area contributed by atoms with Crippen LogP contribution in [0.15, 0.2) is 24.1 Å². The molecule has 0 spiro atoms. The predicted octanol–water partition coefficient (Wildman–Crippen LogP) is 0.862. The molecular formula is C22H29F4N7O5. The Labute approximate surface area is 215 Å². The van der Waals surface area contributed by atoms with Crippen molar-refractivity contribution in [1.29, 1.82) is 0 Å². The zero-order valence-corrected chi connectivity index (χ0v) is 20.6. The molecule has 3 fully saturated rings. The fraction of sp³-hybridized carbons (Fsp3) is 0.545. The number of likely N-dealkylation sites (N-methyl/N-ethyl adjacent to an activating group) is 1. The fourth-order valence-electron chi connectivity index (χ4n) is 4.10. The number of amides is 3. The van der Waals surface area contributed by atoms with Crippen molar-refractivity contribution in [3.05, 3.63) is 35.7 Å². The number of halogens is 4. The highest BCUT2D eigenvalue weighted by molar-refractivity contribution is 5.91. The van der Waals surface area contributed by atoms with Crippen molar-refractivity contribution in [1.82, 2.24) is 25.7 Å². The van der Waals surface area contributed by atoms with Crippen LogP contribution in [0.3, 0.4) is 0 Å². The Hall–Kier alpha value is -3.34. The molecule has 0 bridgehead atoms. The summed E-state index contributed by atoms with van der Waals surface area (Å²) in [6.45, 7) is 2.84. The summed E-state index contributed by atoms with van der Waals surface area (Å²) in [5, 5.41) is 14.0. The summed E-state index contributed by atoms with van der Waals surface area (Å²) in [6, 6.07) is 1.43. The minimum Gasteiger partial charge on any atom is -0.411 e. The second kappa shape index (κ2) is 12.0. The lowest BCUT2D eigenvalue weighted by Crippen LogP contribution is -2.55. The number of nitrogens with one attached hydrogen (secondary N) is 2. The van der Waals surface area contributed by atoms with Gasteiger partial charge in [-0.15, -0.1) is 0 Å². The molecule has 4 rings (SSSR count). The maximum absolute atomic E-state index is 15.1. The first-order valence-electron chi connectivity index (χ1n) is 11.9. The Balaban J connectivity index is 1.38. The Kier molecular flexibility index (Phi) is 8.76. The van der Waals surface area contributed by atoms with Gasteiger partial charge in [0, 0.05) is 57.6 Å². The van der Waals surface area contributed by atoms with Gasteiger partial charge < -0.3 is 25.0 Å². The summed E-state index contributed by atoms with van der Waals surface area (Å²) >= 11 is 0. The smallest absolute Gasteiger partial charge is 0.411 e. The lowest BCUT2D eigenvalue weighted by atomic mass is 10.2. The third-order valence-electron chi connectivity index (χ3n) is 6.20. The highest BCUT2D eigenvalue weighted by Gasteiger charge is 2.32. The van der Waals surface area contributed by atoms with Crippen LogP contribution in [0.5, 0.6) is 0 Å². The van der Waals surface area contributed by atoms with Crippen LogP contribution in [0, 0.1) is 11.6 Å². The molecule has 3 aliphatic rings. The summed E-state index contributed by atoms with van der Waals surface area (Å²) in [5.41, 5.74) is 2.28. The maximum atomic E-state index is 15.1. The van der Waals surface area contributed by atoms with Gasteiger partial charge in [0.25, 0.3) is 6.43 Å². The van der Waals surface area contributed by atoms with E-state index >= 15 is 8.78 Å². The summed E-state index contributed by atoms with van der Waals surface area (Å²) in [7, 11) is 1.99. The van der Waals surface area contributed by atoms with E-state index in [4.69, 9.17) is 14.7 Å². The molecule has 3 amide bonds. The first kappa shape index (κ1) is 27.7. The van der Waals surface area contributed by atoms with Gasteiger partial charge in [-0.2, -0.15) is 0 Å². The lowest BCUT2D eigenvalue weighted by Gasteiger charge is -2.33. The van der Waals surface area contributed by atoms with E-state index in [0.29, 0.717) is 13.1 Å². The van der Waals surface area contributed by atoms with Crippen molar-refractivity contribution in [3.8, 4) is 0 Å². The zero-order valence-electron chi connectivity index (χ0n) is 20.6. The molecule has 3 saturated heterocycles. The molecular weight excluding hydrogens is 518 g/mol. The average Bonchev–Trinajstić information content (AvgIpc) is 3.07. The number of hydrogen-bond donors (Lipinski definition) is 3. The number of ether oxygens (including phenoxy) is 1. The molecule has 12 nitrogen and oxygen atoms in total. The number of carbonyl (C=O) groups excluding carboxylic acids is 2. The SMILES string of the molecule is CN1CCN(NC(=O)N2CCN(c3c(F)cc(N4C/C(=C/NC(O)C(F)F)OC4=O)cc3F)CCO2)CC1. The number of hydrazine groups is 1. The molecule has 16 heteroatoms. The number of hydrogen-bond acceptors (Lipinski definition) is 9. The minimum absolute atomic E-state index is 0.000856. The van der Waals surface area contributed by atoms with Crippen LogP contribution < -0.4 is 20.5 Å². The first-order valence-corrected chi connectivity index (χ1v) is 11.9. The van der Waals surface area contributed by atoms with E-state index in [9.17, 15) is 18.4 Å². The van der Waals surface area contributed by atoms with Gasteiger partial charge in [0.05, 0.1) is 25.4 Å². The van der Waals surface area contributed by atoms with Crippen molar-refractivity contribution in [3.63, 3.8) is 0 Å². The van der Waals surface area contributed by atoms with Crippen molar-refractivity contribution in [2.75, 3.05) is 75.8 Å². The van der Waals surface area contributed by atoms with Gasteiger partial charge in [0.15, 0.2) is 17.9 Å². The maximum Gasteiger partial charge on any atom is 0.419 e. The van der Waals surface area contributed by atoms with E-state index < -0.39 is 36.4 Å². The second-order valence-corrected chi connectivity index (χ2v) is 8.90. The van der Waals surface area contributed by atoms with Crippen LogP contribution in [0.25, 0.3) is 0 Å². The highest BCUT2D eigenvalue weighted by atomic mass is 19.3. The quantitative estimate of drug-likeness (QED) is 0.353. The number of aliphatic hydroxyl groups excluding tert-OH is 1. The number of urea groups is 1. The number of piperazine rings is 1. The minimum atomic E-state index is -3.07. The number of hydroxylamine groups is 2. The van der Waals surface area contributed by atoms with Crippen molar-refractivity contribution in [2.24, 2.45) is 0 Å². The fourth-order valence-corrected chi connectivity index (χ4v) is 4.10. The van der Waals surface area contributed by atoms with Crippen LogP contribution >= 0.6 is 0 Å². The van der Waals surface area contributed by atoms with E-state index in [1.54, 1.807) is 5.01 Å². The van der Waals surface area contributed by atoms with Gasteiger partial charge in [-0.1, -0.05) is 0 Å². The van der Waals surface area contributed by atoms with Crippen LogP contribution in [0.1, 0.15) is 0 Å². The van der Waals surface area contributed by atoms with Crippen molar-refractivity contribution in [2.45, 2.75) is 12.7 Å². The second-order valence-electron chi connectivity index (χ2n) is 8.90. The number of alkyl halides is 2. The van der Waals surface area contributed by atoms with E-state index in [0.717, 1.165) is 41.4 Å². The molecule has 3 N–H and O–H groups in total. The first-order chi connectivity index (χ1) is 18.1. The van der Waals surface area contributed by atoms with E-state index in [2.05, 4.69) is 10.3 Å². The Morgan fingerprint density at radius 2 is 1.76 bits per heavy atom. The molecule has 1 aromatic rings. The number of cyclic esters (lactones) is 1. The number of anilines is 2. The van der Waals surface area contributed by atoms with Crippen LogP contribution in [-0.4, -0.2) is 111 Å². The molecule has 210 valence electrons. The number of benzene rings is 1. The van der Waals surface area contributed by atoms with E-state index in [-0.39, 0.29) is 49.9 Å². The van der Waals surface area contributed by atoms with Crippen LogP contribution in [-0.2, 0) is 9.57 Å². The predicted molar refractivity (Wildman–Crippen MR) is 126 cm³/mol. The van der Waals surface area contributed by atoms with E-state index in [1.165, 1.54) is 4.90 Å². The Morgan fingerprint density at radius 1 is 1.08 bits per heavy atom. The van der Waals surface area contributed by atoms with Gasteiger partial charge in [-0.25, -0.2) is 37.2 Å². The van der Waals surface area contributed by atoms with Gasteiger partial charge in [0.1, 0.15) is 11.4 Å². The Morgan fingerprint density at radius 3 is 2.42 bits per heavy atom. The molecule has 38 heavy (non-hydrogen) atoms. The Bertz CT molecular complexity index is 1030. The molecule has 0 saturated carbocycles. The molecule has 0 radical (unpaired) electrons. The molecule has 3 heterocycles. The van der Waals surface area contributed by atoms with Crippen molar-refractivity contribution >= 4 is 23.5 Å². The summed E-state index contributed by atoms with van der Waals surface area (Å²) in [5.74, 6) is -2.03. The summed E-state index contributed by atoms with van der Waals surface area (Å²) in [6.07, 6.45) is -5.32.